The highest BCUT2D eigenvalue weighted by atomic mass is 19.1. The van der Waals surface area contributed by atoms with Crippen LogP contribution >= 0.6 is 0 Å². The minimum absolute atomic E-state index is 0.0377. The van der Waals surface area contributed by atoms with Crippen LogP contribution in [0.4, 0.5) is 4.39 Å². The second kappa shape index (κ2) is 7.00. The van der Waals surface area contributed by atoms with Crippen molar-refractivity contribution in [1.82, 2.24) is 19.1 Å². The fraction of sp³-hybridized carbons (Fsp3) is 0.318. The van der Waals surface area contributed by atoms with E-state index in [0.717, 1.165) is 18.4 Å². The topological polar surface area (TPSA) is 82.2 Å². The fourth-order valence-electron chi connectivity index (χ4n) is 4.23. The summed E-state index contributed by atoms with van der Waals surface area (Å²) >= 11 is 0. The van der Waals surface area contributed by atoms with E-state index in [0.29, 0.717) is 33.2 Å². The second-order valence-electron chi connectivity index (χ2n) is 7.73. The second-order valence-corrected chi connectivity index (χ2v) is 7.73. The molecule has 4 aromatic rings. The molecule has 3 aromatic heterocycles. The number of hydrogen-bond acceptors (Lipinski definition) is 5. The average Bonchev–Trinajstić information content (AvgIpc) is 2.98. The number of fused-ring (bicyclic) bond motifs is 3. The van der Waals surface area contributed by atoms with Gasteiger partial charge in [0.2, 0.25) is 0 Å². The standard InChI is InChI=1S/C22H21FN4O3/c1-26-20-10-25-19-8-18(23)16(12-3-4-13(11-28)24-9-12)7-17(19)21(20)27(22(26)29)14-5-15(6-14)30-2/h3-4,7-10,14-15,28H,5-6,11H2,1-2H3. The van der Waals surface area contributed by atoms with E-state index in [1.165, 1.54) is 12.3 Å². The molecule has 1 N–H and O–H groups in total. The molecular weight excluding hydrogens is 387 g/mol. The summed E-state index contributed by atoms with van der Waals surface area (Å²) in [6, 6.07) is 6.55. The molecule has 1 aliphatic carbocycles. The summed E-state index contributed by atoms with van der Waals surface area (Å²) in [6.07, 6.45) is 4.84. The number of aromatic nitrogens is 4. The van der Waals surface area contributed by atoms with Gasteiger partial charge in [-0.05, 0) is 25.0 Å². The summed E-state index contributed by atoms with van der Waals surface area (Å²) in [5.74, 6) is -0.416. The number of halogens is 1. The van der Waals surface area contributed by atoms with Gasteiger partial charge < -0.3 is 9.84 Å². The lowest BCUT2D eigenvalue weighted by Gasteiger charge is -2.34. The van der Waals surface area contributed by atoms with Crippen molar-refractivity contribution in [3.63, 3.8) is 0 Å². The van der Waals surface area contributed by atoms with Crippen LogP contribution in [-0.4, -0.2) is 37.4 Å². The fourth-order valence-corrected chi connectivity index (χ4v) is 4.23. The molecule has 0 amide bonds. The van der Waals surface area contributed by atoms with Gasteiger partial charge >= 0.3 is 5.69 Å². The molecule has 0 bridgehead atoms. The van der Waals surface area contributed by atoms with Crippen LogP contribution in [0.1, 0.15) is 24.6 Å². The summed E-state index contributed by atoms with van der Waals surface area (Å²) in [7, 11) is 3.40. The third kappa shape index (κ3) is 2.75. The molecule has 7 nitrogen and oxygen atoms in total. The molecular formula is C22H21FN4O3. The maximum atomic E-state index is 14.9. The third-order valence-corrected chi connectivity index (χ3v) is 6.07. The molecule has 0 saturated heterocycles. The van der Waals surface area contributed by atoms with Crippen LogP contribution < -0.4 is 5.69 Å². The van der Waals surface area contributed by atoms with Gasteiger partial charge in [0.25, 0.3) is 0 Å². The molecule has 0 aliphatic heterocycles. The lowest BCUT2D eigenvalue weighted by molar-refractivity contribution is 0.00635. The predicted octanol–water partition coefficient (Wildman–Crippen LogP) is 2.93. The molecule has 0 atom stereocenters. The minimum atomic E-state index is -0.416. The van der Waals surface area contributed by atoms with E-state index in [-0.39, 0.29) is 24.4 Å². The Balaban J connectivity index is 1.76. The summed E-state index contributed by atoms with van der Waals surface area (Å²) in [6.45, 7) is -0.175. The Morgan fingerprint density at radius 1 is 1.23 bits per heavy atom. The Bertz CT molecular complexity index is 1320. The Labute approximate surface area is 171 Å². The normalized spacial score (nSPS) is 18.8. The van der Waals surface area contributed by atoms with Crippen molar-refractivity contribution in [1.29, 1.82) is 0 Å². The van der Waals surface area contributed by atoms with E-state index < -0.39 is 5.82 Å². The molecule has 1 saturated carbocycles. The summed E-state index contributed by atoms with van der Waals surface area (Å²) in [5.41, 5.74) is 3.33. The van der Waals surface area contributed by atoms with E-state index >= 15 is 0 Å². The molecule has 0 spiro atoms. The van der Waals surface area contributed by atoms with E-state index in [2.05, 4.69) is 9.97 Å². The highest BCUT2D eigenvalue weighted by Crippen LogP contribution is 2.38. The zero-order valence-corrected chi connectivity index (χ0v) is 16.7. The quantitative estimate of drug-likeness (QED) is 0.562. The van der Waals surface area contributed by atoms with Crippen molar-refractivity contribution in [2.75, 3.05) is 7.11 Å². The van der Waals surface area contributed by atoms with Crippen LogP contribution in [0.25, 0.3) is 33.1 Å². The lowest BCUT2D eigenvalue weighted by Crippen LogP contribution is -2.37. The van der Waals surface area contributed by atoms with Crippen molar-refractivity contribution in [2.45, 2.75) is 31.6 Å². The number of methoxy groups -OCH3 is 1. The van der Waals surface area contributed by atoms with E-state index in [1.54, 1.807) is 47.7 Å². The van der Waals surface area contributed by atoms with Gasteiger partial charge in [0, 0.05) is 49.0 Å². The number of aryl methyl sites for hydroxylation is 1. The Hall–Kier alpha value is -3.10. The van der Waals surface area contributed by atoms with Crippen LogP contribution in [0.15, 0.2) is 41.5 Å². The third-order valence-electron chi connectivity index (χ3n) is 6.07. The van der Waals surface area contributed by atoms with Crippen LogP contribution in [0.5, 0.6) is 0 Å². The number of aliphatic hydroxyl groups excluding tert-OH is 1. The van der Waals surface area contributed by atoms with Gasteiger partial charge in [0.05, 0.1) is 41.2 Å². The first kappa shape index (κ1) is 18.9. The molecule has 154 valence electrons. The predicted molar refractivity (Wildman–Crippen MR) is 111 cm³/mol. The number of aliphatic hydroxyl groups is 1. The van der Waals surface area contributed by atoms with Crippen molar-refractivity contribution in [3.8, 4) is 11.1 Å². The van der Waals surface area contributed by atoms with Gasteiger partial charge in [0.1, 0.15) is 5.82 Å². The zero-order valence-electron chi connectivity index (χ0n) is 16.7. The molecule has 0 radical (unpaired) electrons. The summed E-state index contributed by atoms with van der Waals surface area (Å²) in [4.78, 5) is 21.6. The molecule has 1 aromatic carbocycles. The highest BCUT2D eigenvalue weighted by Gasteiger charge is 2.33. The van der Waals surface area contributed by atoms with Crippen LogP contribution in [0.2, 0.25) is 0 Å². The zero-order chi connectivity index (χ0) is 21.0. The first-order chi connectivity index (χ1) is 14.5. The lowest BCUT2D eigenvalue weighted by atomic mass is 9.89. The number of benzene rings is 1. The van der Waals surface area contributed by atoms with Crippen LogP contribution in [0, 0.1) is 5.82 Å². The van der Waals surface area contributed by atoms with Gasteiger partial charge in [-0.1, -0.05) is 6.07 Å². The molecule has 5 rings (SSSR count). The van der Waals surface area contributed by atoms with E-state index in [9.17, 15) is 14.3 Å². The SMILES string of the molecule is COC1CC(n2c(=O)n(C)c3cnc4cc(F)c(-c5ccc(CO)nc5)cc4c32)C1. The molecule has 0 unspecified atom stereocenters. The summed E-state index contributed by atoms with van der Waals surface area (Å²) < 4.78 is 23.7. The number of pyridine rings is 2. The number of rotatable bonds is 4. The minimum Gasteiger partial charge on any atom is -0.390 e. The molecule has 8 heteroatoms. The number of nitrogens with zero attached hydrogens (tertiary/aromatic N) is 4. The molecule has 3 heterocycles. The van der Waals surface area contributed by atoms with Gasteiger partial charge in [-0.15, -0.1) is 0 Å². The molecule has 1 aliphatic rings. The number of imidazole rings is 1. The van der Waals surface area contributed by atoms with Crippen molar-refractivity contribution in [3.05, 3.63) is 58.7 Å². The Morgan fingerprint density at radius 2 is 2.03 bits per heavy atom. The van der Waals surface area contributed by atoms with E-state index in [4.69, 9.17) is 4.74 Å². The Kier molecular flexibility index (Phi) is 4.41. The first-order valence-electron chi connectivity index (χ1n) is 9.80. The number of hydrogen-bond donors (Lipinski definition) is 1. The van der Waals surface area contributed by atoms with Gasteiger partial charge in [-0.2, -0.15) is 0 Å². The summed E-state index contributed by atoms with van der Waals surface area (Å²) in [5, 5.41) is 9.92. The maximum absolute atomic E-state index is 14.9. The number of ether oxygens (including phenoxy) is 1. The monoisotopic (exact) mass is 408 g/mol. The van der Waals surface area contributed by atoms with Crippen molar-refractivity contribution in [2.24, 2.45) is 7.05 Å². The van der Waals surface area contributed by atoms with Gasteiger partial charge in [0.15, 0.2) is 0 Å². The van der Waals surface area contributed by atoms with E-state index in [1.807, 2.05) is 0 Å². The first-order valence-corrected chi connectivity index (χ1v) is 9.80. The Morgan fingerprint density at radius 3 is 2.70 bits per heavy atom. The maximum Gasteiger partial charge on any atom is 0.329 e. The van der Waals surface area contributed by atoms with Crippen LogP contribution in [-0.2, 0) is 18.4 Å². The van der Waals surface area contributed by atoms with Crippen molar-refractivity contribution < 1.29 is 14.2 Å². The van der Waals surface area contributed by atoms with Crippen molar-refractivity contribution >= 4 is 21.9 Å². The highest BCUT2D eigenvalue weighted by molar-refractivity contribution is 6.04. The largest absolute Gasteiger partial charge is 0.390 e. The smallest absolute Gasteiger partial charge is 0.329 e. The average molecular weight is 408 g/mol. The molecule has 1 fully saturated rings. The van der Waals surface area contributed by atoms with Gasteiger partial charge in [-0.25, -0.2) is 9.18 Å². The van der Waals surface area contributed by atoms with Gasteiger partial charge in [-0.3, -0.25) is 19.1 Å². The van der Waals surface area contributed by atoms with Crippen LogP contribution in [0.3, 0.4) is 0 Å². The molecule has 30 heavy (non-hydrogen) atoms.